The van der Waals surface area contributed by atoms with Crippen molar-refractivity contribution < 1.29 is 9.53 Å². The fraction of sp³-hybridized carbons (Fsp3) is 0.632. The van der Waals surface area contributed by atoms with Crippen molar-refractivity contribution in [3.63, 3.8) is 0 Å². The van der Waals surface area contributed by atoms with Gasteiger partial charge in [0.15, 0.2) is 0 Å². The Morgan fingerprint density at radius 1 is 1.22 bits per heavy atom. The third-order valence-corrected chi connectivity index (χ3v) is 4.37. The van der Waals surface area contributed by atoms with E-state index in [2.05, 4.69) is 17.1 Å². The highest BCUT2D eigenvalue weighted by Crippen LogP contribution is 2.19. The predicted octanol–water partition coefficient (Wildman–Crippen LogP) is 3.38. The summed E-state index contributed by atoms with van der Waals surface area (Å²) in [5, 5.41) is 3.09. The maximum Gasteiger partial charge on any atom is 0.234 e. The number of hydrogen-bond acceptors (Lipinski definition) is 3. The molecule has 2 rings (SSSR count). The van der Waals surface area contributed by atoms with Gasteiger partial charge in [-0.25, -0.2) is 0 Å². The van der Waals surface area contributed by atoms with Crippen LogP contribution in [0, 0.1) is 5.92 Å². The van der Waals surface area contributed by atoms with Crippen LogP contribution in [0.4, 0.5) is 0 Å². The molecule has 1 aromatic carbocycles. The van der Waals surface area contributed by atoms with Gasteiger partial charge >= 0.3 is 0 Å². The van der Waals surface area contributed by atoms with Crippen molar-refractivity contribution >= 4 is 5.91 Å². The summed E-state index contributed by atoms with van der Waals surface area (Å²) in [6.07, 6.45) is 2.56. The second-order valence-corrected chi connectivity index (χ2v) is 6.98. The second-order valence-electron chi connectivity index (χ2n) is 6.98. The van der Waals surface area contributed by atoms with Crippen molar-refractivity contribution in [1.29, 1.82) is 0 Å². The molecule has 0 aliphatic carbocycles. The molecule has 0 aromatic heterocycles. The van der Waals surface area contributed by atoms with Gasteiger partial charge in [-0.3, -0.25) is 9.69 Å². The highest BCUT2D eigenvalue weighted by Gasteiger charge is 2.19. The number of benzene rings is 1. The molecule has 1 amide bonds. The third kappa shape index (κ3) is 5.87. The average molecular weight is 318 g/mol. The number of nitrogens with one attached hydrogen (secondary N) is 1. The van der Waals surface area contributed by atoms with Gasteiger partial charge in [-0.1, -0.05) is 19.1 Å². The van der Waals surface area contributed by atoms with Crippen LogP contribution < -0.4 is 10.1 Å². The molecule has 0 spiro atoms. The summed E-state index contributed by atoms with van der Waals surface area (Å²) < 4.78 is 5.65. The Bertz CT molecular complexity index is 491. The minimum Gasteiger partial charge on any atom is -0.491 e. The summed E-state index contributed by atoms with van der Waals surface area (Å²) in [5.41, 5.74) is 1.10. The average Bonchev–Trinajstić information content (AvgIpc) is 2.49. The van der Waals surface area contributed by atoms with Crippen LogP contribution in [0.25, 0.3) is 0 Å². The van der Waals surface area contributed by atoms with Crippen LogP contribution in [-0.4, -0.2) is 36.5 Å². The van der Waals surface area contributed by atoms with Crippen molar-refractivity contribution in [3.05, 3.63) is 29.8 Å². The lowest BCUT2D eigenvalue weighted by atomic mass is 9.99. The van der Waals surface area contributed by atoms with E-state index in [1.54, 1.807) is 0 Å². The van der Waals surface area contributed by atoms with Crippen molar-refractivity contribution in [3.8, 4) is 5.75 Å². The zero-order valence-corrected chi connectivity index (χ0v) is 14.8. The van der Waals surface area contributed by atoms with Crippen LogP contribution in [0.15, 0.2) is 24.3 Å². The van der Waals surface area contributed by atoms with Gasteiger partial charge in [0, 0.05) is 0 Å². The lowest BCUT2D eigenvalue weighted by Gasteiger charge is -2.30. The summed E-state index contributed by atoms with van der Waals surface area (Å²) in [5.74, 6) is 1.76. The maximum absolute atomic E-state index is 12.2. The minimum atomic E-state index is 0.0133. The molecule has 4 nitrogen and oxygen atoms in total. The van der Waals surface area contributed by atoms with Crippen LogP contribution in [-0.2, 0) is 4.79 Å². The first-order valence-corrected chi connectivity index (χ1v) is 8.72. The van der Waals surface area contributed by atoms with Crippen LogP contribution in [0.3, 0.4) is 0 Å². The quantitative estimate of drug-likeness (QED) is 0.874. The molecule has 1 heterocycles. The standard InChI is InChI=1S/C19H30N2O2/c1-14(2)23-18-7-5-17(6-8-18)16(4)20-19(22)13-21-11-9-15(3)10-12-21/h5-8,14-16H,9-13H2,1-4H3,(H,20,22). The number of carbonyl (C=O) groups excluding carboxylic acids is 1. The van der Waals surface area contributed by atoms with Gasteiger partial charge in [0.05, 0.1) is 18.7 Å². The molecule has 1 saturated heterocycles. The van der Waals surface area contributed by atoms with Crippen molar-refractivity contribution in [2.24, 2.45) is 5.92 Å². The molecule has 1 N–H and O–H groups in total. The van der Waals surface area contributed by atoms with Gasteiger partial charge in [0.25, 0.3) is 0 Å². The van der Waals surface area contributed by atoms with Crippen LogP contribution in [0.5, 0.6) is 5.75 Å². The van der Waals surface area contributed by atoms with E-state index >= 15 is 0 Å². The molecule has 1 unspecified atom stereocenters. The van der Waals surface area contributed by atoms with E-state index in [0.717, 1.165) is 30.3 Å². The smallest absolute Gasteiger partial charge is 0.234 e. The molecule has 0 radical (unpaired) electrons. The molecule has 0 bridgehead atoms. The van der Waals surface area contributed by atoms with Crippen molar-refractivity contribution in [2.75, 3.05) is 19.6 Å². The Balaban J connectivity index is 1.81. The maximum atomic E-state index is 12.2. The zero-order valence-electron chi connectivity index (χ0n) is 14.8. The highest BCUT2D eigenvalue weighted by atomic mass is 16.5. The number of carbonyl (C=O) groups is 1. The molecule has 1 fully saturated rings. The second kappa shape index (κ2) is 8.34. The molecule has 0 saturated carbocycles. The van der Waals surface area contributed by atoms with Gasteiger partial charge in [-0.05, 0) is 70.3 Å². The van der Waals surface area contributed by atoms with Gasteiger partial charge < -0.3 is 10.1 Å². The molecule has 4 heteroatoms. The van der Waals surface area contributed by atoms with Crippen molar-refractivity contribution in [1.82, 2.24) is 10.2 Å². The monoisotopic (exact) mass is 318 g/mol. The molecular weight excluding hydrogens is 288 g/mol. The Labute approximate surface area is 140 Å². The molecule has 1 aliphatic rings. The largest absolute Gasteiger partial charge is 0.491 e. The van der Waals surface area contributed by atoms with Crippen LogP contribution in [0.2, 0.25) is 0 Å². The molecular formula is C19H30N2O2. The molecule has 1 atom stereocenters. The van der Waals surface area contributed by atoms with Gasteiger partial charge in [0.1, 0.15) is 5.75 Å². The first-order valence-electron chi connectivity index (χ1n) is 8.72. The van der Waals surface area contributed by atoms with E-state index in [9.17, 15) is 4.79 Å². The Morgan fingerprint density at radius 3 is 2.39 bits per heavy atom. The van der Waals surface area contributed by atoms with Crippen molar-refractivity contribution in [2.45, 2.75) is 52.7 Å². The van der Waals surface area contributed by atoms with E-state index in [4.69, 9.17) is 4.74 Å². The Morgan fingerprint density at radius 2 is 1.83 bits per heavy atom. The highest BCUT2D eigenvalue weighted by molar-refractivity contribution is 5.78. The van der Waals surface area contributed by atoms with Crippen LogP contribution >= 0.6 is 0 Å². The number of piperidine rings is 1. The van der Waals surface area contributed by atoms with E-state index in [0.29, 0.717) is 6.54 Å². The number of hydrogen-bond donors (Lipinski definition) is 1. The number of nitrogens with zero attached hydrogens (tertiary/aromatic N) is 1. The lowest BCUT2D eigenvalue weighted by molar-refractivity contribution is -0.123. The topological polar surface area (TPSA) is 41.6 Å². The minimum absolute atomic E-state index is 0.0133. The number of ether oxygens (including phenoxy) is 1. The van der Waals surface area contributed by atoms with Gasteiger partial charge in [-0.2, -0.15) is 0 Å². The number of rotatable bonds is 6. The van der Waals surface area contributed by atoms with E-state index < -0.39 is 0 Å². The summed E-state index contributed by atoms with van der Waals surface area (Å²) in [7, 11) is 0. The molecule has 23 heavy (non-hydrogen) atoms. The van der Waals surface area contributed by atoms with Crippen LogP contribution in [0.1, 0.15) is 52.1 Å². The predicted molar refractivity (Wildman–Crippen MR) is 93.6 cm³/mol. The first-order chi connectivity index (χ1) is 10.9. The first kappa shape index (κ1) is 17.8. The summed E-state index contributed by atoms with van der Waals surface area (Å²) in [4.78, 5) is 14.5. The summed E-state index contributed by atoms with van der Waals surface area (Å²) >= 11 is 0. The number of likely N-dealkylation sites (tertiary alicyclic amines) is 1. The Kier molecular flexibility index (Phi) is 6.46. The van der Waals surface area contributed by atoms with E-state index in [-0.39, 0.29) is 18.1 Å². The van der Waals surface area contributed by atoms with Gasteiger partial charge in [-0.15, -0.1) is 0 Å². The molecule has 1 aliphatic heterocycles. The fourth-order valence-electron chi connectivity index (χ4n) is 2.90. The molecule has 1 aromatic rings. The van der Waals surface area contributed by atoms with E-state index in [1.165, 1.54) is 12.8 Å². The number of amides is 1. The lowest BCUT2D eigenvalue weighted by Crippen LogP contribution is -2.41. The zero-order chi connectivity index (χ0) is 16.8. The third-order valence-electron chi connectivity index (χ3n) is 4.37. The fourth-order valence-corrected chi connectivity index (χ4v) is 2.90. The normalized spacial score (nSPS) is 18.0. The van der Waals surface area contributed by atoms with E-state index in [1.807, 2.05) is 45.0 Å². The molecule has 128 valence electrons. The SMILES string of the molecule is CC1CCN(CC(=O)NC(C)c2ccc(OC(C)C)cc2)CC1. The summed E-state index contributed by atoms with van der Waals surface area (Å²) in [6.45, 7) is 10.9. The van der Waals surface area contributed by atoms with Gasteiger partial charge in [0.2, 0.25) is 5.91 Å². The summed E-state index contributed by atoms with van der Waals surface area (Å²) in [6, 6.07) is 7.98. The Hall–Kier alpha value is -1.55.